The van der Waals surface area contributed by atoms with Crippen LogP contribution in [0.5, 0.6) is 0 Å². The van der Waals surface area contributed by atoms with Gasteiger partial charge in [0, 0.05) is 11.3 Å². The number of thioether (sulfide) groups is 1. The van der Waals surface area contributed by atoms with E-state index in [4.69, 9.17) is 0 Å². The predicted octanol–water partition coefficient (Wildman–Crippen LogP) is 3.74. The third kappa shape index (κ3) is 5.64. The third-order valence-electron chi connectivity index (χ3n) is 3.73. The molecule has 4 rings (SSSR count). The number of anilines is 2. The molecule has 0 spiro atoms. The molecule has 158 valence electrons. The zero-order chi connectivity index (χ0) is 21.7. The number of amides is 1. The predicted molar refractivity (Wildman–Crippen MR) is 121 cm³/mol. The molecule has 0 radical (unpaired) electrons. The highest BCUT2D eigenvalue weighted by Crippen LogP contribution is 2.30. The first-order valence-electron chi connectivity index (χ1n) is 8.72. The molecular weight excluding hydrogens is 477 g/mol. The molecule has 0 aliphatic carbocycles. The molecule has 1 amide bonds. The SMILES string of the molecule is O=C(Nc1nnc(S(=O)(=O)Nc2nnc(SCc3ccccc3)s2)s1)c1ccccc1. The van der Waals surface area contributed by atoms with E-state index < -0.39 is 15.9 Å². The number of hydrogen-bond acceptors (Lipinski definition) is 10. The Morgan fingerprint density at radius 3 is 2.29 bits per heavy atom. The highest BCUT2D eigenvalue weighted by Gasteiger charge is 2.23. The van der Waals surface area contributed by atoms with E-state index in [1.165, 1.54) is 11.8 Å². The van der Waals surface area contributed by atoms with E-state index in [2.05, 4.69) is 30.4 Å². The lowest BCUT2D eigenvalue weighted by Gasteiger charge is -2.00. The van der Waals surface area contributed by atoms with Gasteiger partial charge in [-0.3, -0.25) is 14.8 Å². The second kappa shape index (κ2) is 9.51. The first-order valence-corrected chi connectivity index (χ1v) is 12.8. The summed E-state index contributed by atoms with van der Waals surface area (Å²) in [5.41, 5.74) is 1.55. The summed E-state index contributed by atoms with van der Waals surface area (Å²) in [7, 11) is -4.00. The van der Waals surface area contributed by atoms with E-state index in [1.807, 2.05) is 30.3 Å². The first-order chi connectivity index (χ1) is 15.0. The molecule has 0 fully saturated rings. The Morgan fingerprint density at radius 2 is 1.55 bits per heavy atom. The standard InChI is InChI=1S/C18H14N6O3S4/c25-14(13-9-5-2-6-10-13)19-15-20-23-18(30-15)31(26,27)24-16-21-22-17(29-16)28-11-12-7-3-1-4-8-12/h1-10H,11H2,(H,21,24)(H,19,20,25). The van der Waals surface area contributed by atoms with Crippen LogP contribution in [0.3, 0.4) is 0 Å². The summed E-state index contributed by atoms with van der Waals surface area (Å²) in [6, 6.07) is 18.4. The number of nitrogens with one attached hydrogen (secondary N) is 2. The van der Waals surface area contributed by atoms with Crippen molar-refractivity contribution >= 4 is 60.6 Å². The molecule has 0 saturated heterocycles. The van der Waals surface area contributed by atoms with Gasteiger partial charge in [0.25, 0.3) is 20.3 Å². The Balaban J connectivity index is 1.38. The minimum Gasteiger partial charge on any atom is -0.296 e. The smallest absolute Gasteiger partial charge is 0.293 e. The molecule has 0 bridgehead atoms. The molecule has 13 heteroatoms. The number of aromatic nitrogens is 4. The number of sulfonamides is 1. The molecule has 4 aromatic rings. The van der Waals surface area contributed by atoms with Crippen molar-refractivity contribution in [1.82, 2.24) is 20.4 Å². The van der Waals surface area contributed by atoms with Gasteiger partial charge in [-0.25, -0.2) is 0 Å². The van der Waals surface area contributed by atoms with E-state index in [0.717, 1.165) is 28.2 Å². The summed E-state index contributed by atoms with van der Waals surface area (Å²) in [5.74, 6) is 0.293. The van der Waals surface area contributed by atoms with Crippen LogP contribution in [0, 0.1) is 0 Å². The van der Waals surface area contributed by atoms with E-state index >= 15 is 0 Å². The summed E-state index contributed by atoms with van der Waals surface area (Å²) in [4.78, 5) is 12.2. The zero-order valence-corrected chi connectivity index (χ0v) is 18.9. The molecule has 0 aliphatic rings. The van der Waals surface area contributed by atoms with Gasteiger partial charge in [-0.1, -0.05) is 83.0 Å². The number of carbonyl (C=O) groups is 1. The van der Waals surface area contributed by atoms with Crippen LogP contribution in [-0.4, -0.2) is 34.7 Å². The van der Waals surface area contributed by atoms with Crippen LogP contribution in [-0.2, 0) is 15.8 Å². The van der Waals surface area contributed by atoms with E-state index in [-0.39, 0.29) is 14.6 Å². The van der Waals surface area contributed by atoms with Crippen LogP contribution in [0.4, 0.5) is 10.3 Å². The van der Waals surface area contributed by atoms with Crippen LogP contribution in [0.25, 0.3) is 0 Å². The molecule has 0 aliphatic heterocycles. The molecule has 2 aromatic carbocycles. The third-order valence-corrected chi connectivity index (χ3v) is 8.44. The van der Waals surface area contributed by atoms with Crippen molar-refractivity contribution in [2.45, 2.75) is 14.4 Å². The summed E-state index contributed by atoms with van der Waals surface area (Å²) in [6.45, 7) is 0. The van der Waals surface area contributed by atoms with E-state index in [1.54, 1.807) is 30.3 Å². The average molecular weight is 491 g/mol. The fourth-order valence-electron chi connectivity index (χ4n) is 2.31. The van der Waals surface area contributed by atoms with Gasteiger partial charge in [0.2, 0.25) is 10.3 Å². The fourth-order valence-corrected chi connectivity index (χ4v) is 6.15. The Kier molecular flexibility index (Phi) is 6.56. The molecule has 9 nitrogen and oxygen atoms in total. The Hall–Kier alpha value is -2.87. The van der Waals surface area contributed by atoms with Crippen molar-refractivity contribution in [1.29, 1.82) is 0 Å². The summed E-state index contributed by atoms with van der Waals surface area (Å²) >= 11 is 3.33. The second-order valence-electron chi connectivity index (χ2n) is 5.95. The van der Waals surface area contributed by atoms with E-state index in [9.17, 15) is 13.2 Å². The van der Waals surface area contributed by atoms with Crippen molar-refractivity contribution in [2.75, 3.05) is 10.0 Å². The lowest BCUT2D eigenvalue weighted by molar-refractivity contribution is 0.102. The number of carbonyl (C=O) groups excluding carboxylic acids is 1. The van der Waals surface area contributed by atoms with Gasteiger partial charge in [0.05, 0.1) is 0 Å². The van der Waals surface area contributed by atoms with Crippen LogP contribution in [0.15, 0.2) is 69.3 Å². The van der Waals surface area contributed by atoms with Gasteiger partial charge in [0.1, 0.15) is 0 Å². The largest absolute Gasteiger partial charge is 0.296 e. The van der Waals surface area contributed by atoms with Gasteiger partial charge in [0.15, 0.2) is 4.34 Å². The number of rotatable bonds is 8. The summed E-state index contributed by atoms with van der Waals surface area (Å²) in [5, 5.41) is 18.0. The van der Waals surface area contributed by atoms with Crippen LogP contribution >= 0.6 is 34.4 Å². The van der Waals surface area contributed by atoms with E-state index in [0.29, 0.717) is 15.7 Å². The maximum atomic E-state index is 12.6. The normalized spacial score (nSPS) is 11.2. The number of nitrogens with zero attached hydrogens (tertiary/aromatic N) is 4. The van der Waals surface area contributed by atoms with Gasteiger partial charge < -0.3 is 0 Å². The van der Waals surface area contributed by atoms with Gasteiger partial charge >= 0.3 is 0 Å². The monoisotopic (exact) mass is 490 g/mol. The molecular formula is C18H14N6O3S4. The molecule has 31 heavy (non-hydrogen) atoms. The minimum atomic E-state index is -4.00. The Morgan fingerprint density at radius 1 is 0.871 bits per heavy atom. The number of benzene rings is 2. The maximum Gasteiger partial charge on any atom is 0.293 e. The quantitative estimate of drug-likeness (QED) is 0.282. The fraction of sp³-hybridized carbons (Fsp3) is 0.0556. The van der Waals surface area contributed by atoms with Crippen molar-refractivity contribution in [2.24, 2.45) is 0 Å². The lowest BCUT2D eigenvalue weighted by atomic mass is 10.2. The Bertz CT molecular complexity index is 1280. The van der Waals surface area contributed by atoms with Crippen LogP contribution in [0.1, 0.15) is 15.9 Å². The molecule has 0 atom stereocenters. The Labute approximate surface area is 190 Å². The van der Waals surface area contributed by atoms with Crippen molar-refractivity contribution in [3.8, 4) is 0 Å². The van der Waals surface area contributed by atoms with Gasteiger partial charge in [-0.05, 0) is 17.7 Å². The topological polar surface area (TPSA) is 127 Å². The first kappa shape index (κ1) is 21.4. The van der Waals surface area contributed by atoms with Crippen molar-refractivity contribution in [3.63, 3.8) is 0 Å². The van der Waals surface area contributed by atoms with Crippen molar-refractivity contribution in [3.05, 3.63) is 71.8 Å². The summed E-state index contributed by atoms with van der Waals surface area (Å²) < 4.78 is 27.8. The molecule has 0 unspecified atom stereocenters. The summed E-state index contributed by atoms with van der Waals surface area (Å²) in [6.07, 6.45) is 0. The number of hydrogen-bond donors (Lipinski definition) is 2. The minimum absolute atomic E-state index is 0.0746. The molecule has 2 aromatic heterocycles. The highest BCUT2D eigenvalue weighted by molar-refractivity contribution is 8.00. The highest BCUT2D eigenvalue weighted by atomic mass is 32.2. The molecule has 2 N–H and O–H groups in total. The second-order valence-corrected chi connectivity index (χ2v) is 11.0. The zero-order valence-electron chi connectivity index (χ0n) is 15.6. The van der Waals surface area contributed by atoms with Gasteiger partial charge in [-0.2, -0.15) is 8.42 Å². The van der Waals surface area contributed by atoms with Crippen LogP contribution in [0.2, 0.25) is 0 Å². The van der Waals surface area contributed by atoms with Crippen molar-refractivity contribution < 1.29 is 13.2 Å². The lowest BCUT2D eigenvalue weighted by Crippen LogP contribution is -2.12. The maximum absolute atomic E-state index is 12.6. The van der Waals surface area contributed by atoms with Crippen LogP contribution < -0.4 is 10.0 Å². The van der Waals surface area contributed by atoms with Gasteiger partial charge in [-0.15, -0.1) is 20.4 Å². The molecule has 0 saturated carbocycles. The average Bonchev–Trinajstić information content (AvgIpc) is 3.43. The molecule has 2 heterocycles.